The van der Waals surface area contributed by atoms with Gasteiger partial charge < -0.3 is 16.0 Å². The zero-order chi connectivity index (χ0) is 14.7. The Morgan fingerprint density at radius 2 is 2.20 bits per heavy atom. The fraction of sp³-hybridized carbons (Fsp3) is 0.154. The van der Waals surface area contributed by atoms with Crippen molar-refractivity contribution in [3.05, 3.63) is 41.6 Å². The minimum Gasteiger partial charge on any atom is -0.389 e. The van der Waals surface area contributed by atoms with Crippen LogP contribution in [0, 0.1) is 0 Å². The van der Waals surface area contributed by atoms with Crippen molar-refractivity contribution >= 4 is 34.6 Å². The number of carbonyl (C=O) groups excluding carboxylic acids is 1. The molecule has 1 aromatic heterocycles. The molecule has 7 heteroatoms. The number of hydrogen-bond acceptors (Lipinski definition) is 4. The van der Waals surface area contributed by atoms with Crippen LogP contribution < -0.4 is 16.0 Å². The van der Waals surface area contributed by atoms with E-state index >= 15 is 0 Å². The number of aromatic amines is 1. The monoisotopic (exact) mass is 289 g/mol. The van der Waals surface area contributed by atoms with Crippen LogP contribution in [0.2, 0.25) is 0 Å². The van der Waals surface area contributed by atoms with Crippen LogP contribution in [0.4, 0.5) is 11.5 Å². The van der Waals surface area contributed by atoms with Gasteiger partial charge >= 0.3 is 0 Å². The molecule has 2 rings (SSSR count). The van der Waals surface area contributed by atoms with Crippen LogP contribution in [0.1, 0.15) is 15.9 Å². The summed E-state index contributed by atoms with van der Waals surface area (Å²) in [6, 6.07) is 7.28. The number of nitrogens with two attached hydrogens (primary N) is 1. The maximum absolute atomic E-state index is 12.2. The van der Waals surface area contributed by atoms with Gasteiger partial charge in [0, 0.05) is 25.3 Å². The van der Waals surface area contributed by atoms with Gasteiger partial charge in [0.15, 0.2) is 0 Å². The highest BCUT2D eigenvalue weighted by Gasteiger charge is 2.13. The lowest BCUT2D eigenvalue weighted by Crippen LogP contribution is -2.17. The second-order valence-corrected chi connectivity index (χ2v) is 4.86. The molecule has 0 unspecified atom stereocenters. The van der Waals surface area contributed by atoms with Crippen LogP contribution in [-0.2, 0) is 0 Å². The summed E-state index contributed by atoms with van der Waals surface area (Å²) in [4.78, 5) is 14.3. The molecular formula is C13H15N5OS. The Morgan fingerprint density at radius 3 is 2.85 bits per heavy atom. The van der Waals surface area contributed by atoms with Crippen molar-refractivity contribution in [3.8, 4) is 0 Å². The van der Waals surface area contributed by atoms with Crippen molar-refractivity contribution in [1.29, 1.82) is 0 Å². The lowest BCUT2D eigenvalue weighted by molar-refractivity contribution is 0.102. The SMILES string of the molecule is CN(C)c1cccc(C(=O)Nc2[nH]ncc2C(N)=S)c1. The lowest BCUT2D eigenvalue weighted by Gasteiger charge is -2.13. The molecule has 0 radical (unpaired) electrons. The molecule has 0 spiro atoms. The number of nitrogens with zero attached hydrogens (tertiary/aromatic N) is 2. The number of amides is 1. The Morgan fingerprint density at radius 1 is 1.45 bits per heavy atom. The highest BCUT2D eigenvalue weighted by Crippen LogP contribution is 2.16. The number of anilines is 2. The number of aromatic nitrogens is 2. The number of benzene rings is 1. The molecule has 0 bridgehead atoms. The molecule has 0 aliphatic carbocycles. The summed E-state index contributed by atoms with van der Waals surface area (Å²) < 4.78 is 0. The third kappa shape index (κ3) is 2.94. The summed E-state index contributed by atoms with van der Waals surface area (Å²) in [5, 5.41) is 9.20. The van der Waals surface area contributed by atoms with Gasteiger partial charge in [0.05, 0.1) is 11.8 Å². The van der Waals surface area contributed by atoms with E-state index in [0.717, 1.165) is 5.69 Å². The van der Waals surface area contributed by atoms with Crippen molar-refractivity contribution in [1.82, 2.24) is 10.2 Å². The first kappa shape index (κ1) is 14.0. The largest absolute Gasteiger partial charge is 0.389 e. The van der Waals surface area contributed by atoms with Gasteiger partial charge in [0.2, 0.25) is 0 Å². The van der Waals surface area contributed by atoms with Gasteiger partial charge in [0.1, 0.15) is 10.8 Å². The standard InChI is InChI=1S/C13H15N5OS/c1-18(2)9-5-3-4-8(6-9)13(19)16-12-10(11(14)20)7-15-17-12/h3-7H,1-2H3,(H2,14,20)(H2,15,16,17,19). The predicted octanol–water partition coefficient (Wildman–Crippen LogP) is 1.36. The van der Waals surface area contributed by atoms with Gasteiger partial charge in [0.25, 0.3) is 5.91 Å². The van der Waals surface area contributed by atoms with E-state index in [4.69, 9.17) is 18.0 Å². The number of carbonyl (C=O) groups is 1. The van der Waals surface area contributed by atoms with E-state index in [2.05, 4.69) is 15.5 Å². The average molecular weight is 289 g/mol. The molecule has 20 heavy (non-hydrogen) atoms. The molecule has 1 amide bonds. The summed E-state index contributed by atoms with van der Waals surface area (Å²) in [5.74, 6) is 0.146. The summed E-state index contributed by atoms with van der Waals surface area (Å²) in [7, 11) is 3.83. The van der Waals surface area contributed by atoms with Crippen LogP contribution >= 0.6 is 12.2 Å². The van der Waals surface area contributed by atoms with E-state index < -0.39 is 0 Å². The van der Waals surface area contributed by atoms with E-state index in [1.165, 1.54) is 6.20 Å². The van der Waals surface area contributed by atoms with E-state index in [-0.39, 0.29) is 10.9 Å². The third-order valence-electron chi connectivity index (χ3n) is 2.77. The second-order valence-electron chi connectivity index (χ2n) is 4.42. The van der Waals surface area contributed by atoms with E-state index in [1.54, 1.807) is 12.1 Å². The van der Waals surface area contributed by atoms with Gasteiger partial charge in [-0.15, -0.1) is 0 Å². The molecule has 6 nitrogen and oxygen atoms in total. The molecule has 0 aliphatic heterocycles. The van der Waals surface area contributed by atoms with Crippen LogP contribution in [0.3, 0.4) is 0 Å². The fourth-order valence-electron chi connectivity index (χ4n) is 1.68. The molecule has 0 saturated carbocycles. The maximum Gasteiger partial charge on any atom is 0.256 e. The Bertz CT molecular complexity index is 650. The maximum atomic E-state index is 12.2. The van der Waals surface area contributed by atoms with Crippen molar-refractivity contribution in [2.45, 2.75) is 0 Å². The quantitative estimate of drug-likeness (QED) is 0.740. The molecule has 0 atom stereocenters. The highest BCUT2D eigenvalue weighted by molar-refractivity contribution is 7.80. The first-order valence-electron chi connectivity index (χ1n) is 5.91. The van der Waals surface area contributed by atoms with Crippen molar-refractivity contribution in [3.63, 3.8) is 0 Å². The molecule has 1 aromatic carbocycles. The molecule has 1 heterocycles. The molecule has 2 aromatic rings. The molecule has 0 aliphatic rings. The fourth-order valence-corrected chi connectivity index (χ4v) is 1.83. The molecule has 0 fully saturated rings. The third-order valence-corrected chi connectivity index (χ3v) is 2.99. The van der Waals surface area contributed by atoms with Gasteiger partial charge in [-0.25, -0.2) is 0 Å². The summed E-state index contributed by atoms with van der Waals surface area (Å²) in [5.41, 5.74) is 7.54. The average Bonchev–Trinajstić information content (AvgIpc) is 2.87. The number of H-pyrrole nitrogens is 1. The molecule has 104 valence electrons. The Kier molecular flexibility index (Phi) is 3.99. The van der Waals surface area contributed by atoms with Crippen molar-refractivity contribution in [2.24, 2.45) is 5.73 Å². The van der Waals surface area contributed by atoms with Gasteiger partial charge in [-0.2, -0.15) is 5.10 Å². The Labute approximate surface area is 122 Å². The highest BCUT2D eigenvalue weighted by atomic mass is 32.1. The van der Waals surface area contributed by atoms with Gasteiger partial charge in [-0.1, -0.05) is 18.3 Å². The number of nitrogens with one attached hydrogen (secondary N) is 2. The summed E-state index contributed by atoms with van der Waals surface area (Å²) >= 11 is 4.89. The first-order chi connectivity index (χ1) is 9.49. The first-order valence-corrected chi connectivity index (χ1v) is 6.32. The topological polar surface area (TPSA) is 87.0 Å². The van der Waals surface area contributed by atoms with E-state index in [0.29, 0.717) is 16.9 Å². The second kappa shape index (κ2) is 5.70. The molecule has 0 saturated heterocycles. The smallest absolute Gasteiger partial charge is 0.256 e. The van der Waals surface area contributed by atoms with Gasteiger partial charge in [-0.05, 0) is 18.2 Å². The van der Waals surface area contributed by atoms with Gasteiger partial charge in [-0.3, -0.25) is 9.89 Å². The normalized spacial score (nSPS) is 10.1. The zero-order valence-electron chi connectivity index (χ0n) is 11.2. The van der Waals surface area contributed by atoms with E-state index in [9.17, 15) is 4.79 Å². The summed E-state index contributed by atoms with van der Waals surface area (Å²) in [6.07, 6.45) is 1.48. The number of rotatable bonds is 4. The van der Waals surface area contributed by atoms with Crippen LogP contribution in [0.5, 0.6) is 0 Å². The Balaban J connectivity index is 2.22. The molecular weight excluding hydrogens is 274 g/mol. The van der Waals surface area contributed by atoms with Crippen molar-refractivity contribution < 1.29 is 4.79 Å². The Hall–Kier alpha value is -2.41. The van der Waals surface area contributed by atoms with Crippen LogP contribution in [0.15, 0.2) is 30.5 Å². The zero-order valence-corrected chi connectivity index (χ0v) is 12.0. The number of thiocarbonyl (C=S) groups is 1. The minimum atomic E-state index is -0.254. The number of hydrogen-bond donors (Lipinski definition) is 3. The van der Waals surface area contributed by atoms with Crippen LogP contribution in [-0.4, -0.2) is 35.2 Å². The minimum absolute atomic E-state index is 0.177. The molecule has 4 N–H and O–H groups in total. The van der Waals surface area contributed by atoms with Crippen molar-refractivity contribution in [2.75, 3.05) is 24.3 Å². The lowest BCUT2D eigenvalue weighted by atomic mass is 10.2. The van der Waals surface area contributed by atoms with Crippen LogP contribution in [0.25, 0.3) is 0 Å². The summed E-state index contributed by atoms with van der Waals surface area (Å²) in [6.45, 7) is 0. The van der Waals surface area contributed by atoms with E-state index in [1.807, 2.05) is 31.1 Å². The predicted molar refractivity (Wildman–Crippen MR) is 83.2 cm³/mol.